The van der Waals surface area contributed by atoms with Crippen molar-refractivity contribution >= 4 is 17.8 Å². The van der Waals surface area contributed by atoms with Crippen molar-refractivity contribution in [1.82, 2.24) is 9.80 Å². The van der Waals surface area contributed by atoms with E-state index in [1.54, 1.807) is 16.9 Å². The smallest absolute Gasteiger partial charge is 0.308 e. The van der Waals surface area contributed by atoms with Crippen LogP contribution < -0.4 is 4.74 Å². The molecule has 27 heavy (non-hydrogen) atoms. The van der Waals surface area contributed by atoms with Crippen LogP contribution in [0.4, 0.5) is 0 Å². The molecule has 0 saturated carbocycles. The summed E-state index contributed by atoms with van der Waals surface area (Å²) in [5.41, 5.74) is 0.981. The van der Waals surface area contributed by atoms with E-state index in [4.69, 9.17) is 4.74 Å². The number of piperidine rings is 1. The second-order valence-electron chi connectivity index (χ2n) is 7.64. The minimum Gasteiger partial charge on any atom is -0.497 e. The average Bonchev–Trinajstić information content (AvgIpc) is 3.01. The highest BCUT2D eigenvalue weighted by Crippen LogP contribution is 2.27. The molecule has 0 spiro atoms. The maximum atomic E-state index is 12.9. The lowest BCUT2D eigenvalue weighted by Gasteiger charge is -2.36. The lowest BCUT2D eigenvalue weighted by Crippen LogP contribution is -2.48. The van der Waals surface area contributed by atoms with Gasteiger partial charge in [0.05, 0.1) is 18.9 Å². The first-order chi connectivity index (χ1) is 12.9. The molecule has 0 bridgehead atoms. The van der Waals surface area contributed by atoms with E-state index in [2.05, 4.69) is 0 Å². The maximum absolute atomic E-state index is 12.9. The number of carbonyl (C=O) groups is 3. The van der Waals surface area contributed by atoms with Crippen LogP contribution >= 0.6 is 0 Å². The number of carbonyl (C=O) groups excluding carboxylic acids is 2. The Hall–Kier alpha value is -2.57. The van der Waals surface area contributed by atoms with Crippen LogP contribution in [0.5, 0.6) is 5.75 Å². The Balaban J connectivity index is 1.62. The number of amides is 2. The third-order valence-corrected chi connectivity index (χ3v) is 5.42. The molecule has 7 nitrogen and oxygen atoms in total. The fourth-order valence-electron chi connectivity index (χ4n) is 4.01. The standard InChI is InChI=1S/C20H26N2O5/c1-13-7-16(20(25)26)12-22(9-13)19(24)15-8-18(23)21(11-15)10-14-3-5-17(27-2)6-4-14/h3-6,13,15-16H,7-12H2,1-2H3,(H,25,26). The molecule has 7 heteroatoms. The zero-order chi connectivity index (χ0) is 19.6. The van der Waals surface area contributed by atoms with E-state index in [0.29, 0.717) is 26.1 Å². The Bertz CT molecular complexity index is 718. The molecule has 146 valence electrons. The number of hydrogen-bond acceptors (Lipinski definition) is 4. The van der Waals surface area contributed by atoms with Crippen molar-refractivity contribution in [2.45, 2.75) is 26.3 Å². The van der Waals surface area contributed by atoms with Gasteiger partial charge in [0.1, 0.15) is 5.75 Å². The van der Waals surface area contributed by atoms with E-state index >= 15 is 0 Å². The monoisotopic (exact) mass is 374 g/mol. The number of hydrogen-bond donors (Lipinski definition) is 1. The largest absolute Gasteiger partial charge is 0.497 e. The number of aliphatic carboxylic acids is 1. The maximum Gasteiger partial charge on any atom is 0.308 e. The lowest BCUT2D eigenvalue weighted by atomic mass is 9.89. The average molecular weight is 374 g/mol. The number of likely N-dealkylation sites (tertiary alicyclic amines) is 2. The summed E-state index contributed by atoms with van der Waals surface area (Å²) >= 11 is 0. The van der Waals surface area contributed by atoms with E-state index in [1.807, 2.05) is 31.2 Å². The molecule has 0 aliphatic carbocycles. The van der Waals surface area contributed by atoms with Crippen molar-refractivity contribution in [2.75, 3.05) is 26.7 Å². The van der Waals surface area contributed by atoms with Crippen LogP contribution in [0.3, 0.4) is 0 Å². The number of rotatable bonds is 5. The molecule has 2 saturated heterocycles. The van der Waals surface area contributed by atoms with Gasteiger partial charge in [0, 0.05) is 32.6 Å². The highest BCUT2D eigenvalue weighted by molar-refractivity contribution is 5.89. The van der Waals surface area contributed by atoms with Crippen LogP contribution in [0.1, 0.15) is 25.3 Å². The van der Waals surface area contributed by atoms with Crippen LogP contribution in [0.25, 0.3) is 0 Å². The minimum atomic E-state index is -0.858. The minimum absolute atomic E-state index is 0.0380. The van der Waals surface area contributed by atoms with E-state index in [9.17, 15) is 19.5 Å². The third kappa shape index (κ3) is 4.40. The van der Waals surface area contributed by atoms with Gasteiger partial charge in [-0.15, -0.1) is 0 Å². The summed E-state index contributed by atoms with van der Waals surface area (Å²) < 4.78 is 5.14. The molecular weight excluding hydrogens is 348 g/mol. The van der Waals surface area contributed by atoms with Gasteiger partial charge in [-0.3, -0.25) is 14.4 Å². The Labute approximate surface area is 158 Å². The van der Waals surface area contributed by atoms with Crippen molar-refractivity contribution in [1.29, 1.82) is 0 Å². The quantitative estimate of drug-likeness (QED) is 0.846. The molecule has 2 fully saturated rings. The Kier molecular flexibility index (Phi) is 5.68. The van der Waals surface area contributed by atoms with Crippen LogP contribution in [-0.2, 0) is 20.9 Å². The molecule has 3 unspecified atom stereocenters. The van der Waals surface area contributed by atoms with Crippen molar-refractivity contribution in [3.8, 4) is 5.75 Å². The number of methoxy groups -OCH3 is 1. The third-order valence-electron chi connectivity index (χ3n) is 5.42. The normalized spacial score (nSPS) is 25.6. The van der Waals surface area contributed by atoms with Crippen molar-refractivity contribution in [3.63, 3.8) is 0 Å². The molecule has 2 aliphatic heterocycles. The van der Waals surface area contributed by atoms with Gasteiger partial charge in [0.25, 0.3) is 0 Å². The van der Waals surface area contributed by atoms with Gasteiger partial charge >= 0.3 is 5.97 Å². The Morgan fingerprint density at radius 3 is 2.48 bits per heavy atom. The predicted octanol–water partition coefficient (Wildman–Crippen LogP) is 1.61. The number of carboxylic acids is 1. The zero-order valence-corrected chi connectivity index (χ0v) is 15.8. The summed E-state index contributed by atoms with van der Waals surface area (Å²) in [6.07, 6.45) is 0.782. The first-order valence-corrected chi connectivity index (χ1v) is 9.29. The van der Waals surface area contributed by atoms with Gasteiger partial charge in [0.2, 0.25) is 11.8 Å². The van der Waals surface area contributed by atoms with E-state index in [1.165, 1.54) is 0 Å². The molecule has 2 amide bonds. The van der Waals surface area contributed by atoms with Gasteiger partial charge < -0.3 is 19.6 Å². The van der Waals surface area contributed by atoms with Crippen LogP contribution in [0, 0.1) is 17.8 Å². The number of benzene rings is 1. The van der Waals surface area contributed by atoms with Gasteiger partial charge in [-0.25, -0.2) is 0 Å². The van der Waals surface area contributed by atoms with Crippen LogP contribution in [-0.4, -0.2) is 59.4 Å². The number of ether oxygens (including phenoxy) is 1. The summed E-state index contributed by atoms with van der Waals surface area (Å²) in [6.45, 7) is 3.60. The highest BCUT2D eigenvalue weighted by Gasteiger charge is 2.39. The fraction of sp³-hybridized carbons (Fsp3) is 0.550. The highest BCUT2D eigenvalue weighted by atomic mass is 16.5. The van der Waals surface area contributed by atoms with Gasteiger partial charge in [-0.2, -0.15) is 0 Å². The molecular formula is C20H26N2O5. The van der Waals surface area contributed by atoms with Crippen LogP contribution in [0.2, 0.25) is 0 Å². The Morgan fingerprint density at radius 1 is 1.15 bits per heavy atom. The molecule has 1 N–H and O–H groups in total. The van der Waals surface area contributed by atoms with Crippen molar-refractivity contribution < 1.29 is 24.2 Å². The van der Waals surface area contributed by atoms with Crippen molar-refractivity contribution in [3.05, 3.63) is 29.8 Å². The fourth-order valence-corrected chi connectivity index (χ4v) is 4.01. The molecule has 1 aromatic carbocycles. The summed E-state index contributed by atoms with van der Waals surface area (Å²) in [5.74, 6) is -1.01. The van der Waals surface area contributed by atoms with E-state index in [0.717, 1.165) is 11.3 Å². The van der Waals surface area contributed by atoms with E-state index < -0.39 is 17.8 Å². The molecule has 0 aromatic heterocycles. The molecule has 3 atom stereocenters. The molecule has 2 aliphatic rings. The topological polar surface area (TPSA) is 87.2 Å². The predicted molar refractivity (Wildman–Crippen MR) is 98.0 cm³/mol. The molecule has 1 aromatic rings. The van der Waals surface area contributed by atoms with E-state index in [-0.39, 0.29) is 30.7 Å². The zero-order valence-electron chi connectivity index (χ0n) is 15.8. The summed E-state index contributed by atoms with van der Waals surface area (Å²) in [5, 5.41) is 9.30. The van der Waals surface area contributed by atoms with Crippen LogP contribution in [0.15, 0.2) is 24.3 Å². The molecule has 3 rings (SSSR count). The summed E-state index contributed by atoms with van der Waals surface area (Å²) in [7, 11) is 1.60. The first-order valence-electron chi connectivity index (χ1n) is 9.29. The number of carboxylic acid groups (broad SMARTS) is 1. The van der Waals surface area contributed by atoms with Gasteiger partial charge in [-0.1, -0.05) is 19.1 Å². The molecule has 2 heterocycles. The lowest BCUT2D eigenvalue weighted by molar-refractivity contribution is -0.148. The number of nitrogens with zero attached hydrogens (tertiary/aromatic N) is 2. The summed E-state index contributed by atoms with van der Waals surface area (Å²) in [4.78, 5) is 39.9. The second-order valence-corrected chi connectivity index (χ2v) is 7.64. The second kappa shape index (κ2) is 7.98. The van der Waals surface area contributed by atoms with Gasteiger partial charge in [0.15, 0.2) is 0 Å². The summed E-state index contributed by atoms with van der Waals surface area (Å²) in [6, 6.07) is 7.51. The van der Waals surface area contributed by atoms with Gasteiger partial charge in [-0.05, 0) is 30.0 Å². The molecule has 0 radical (unpaired) electrons. The first kappa shape index (κ1) is 19.2. The van der Waals surface area contributed by atoms with Crippen molar-refractivity contribution in [2.24, 2.45) is 17.8 Å². The SMILES string of the molecule is COc1ccc(CN2CC(C(=O)N3CC(C)CC(C(=O)O)C3)CC2=O)cc1. The Morgan fingerprint density at radius 2 is 1.85 bits per heavy atom.